The second kappa shape index (κ2) is 5.51. The number of carbonyl (C=O) groups is 1. The number of amides is 1. The summed E-state index contributed by atoms with van der Waals surface area (Å²) in [6.45, 7) is 4.90. The highest BCUT2D eigenvalue weighted by atomic mass is 79.9. The Morgan fingerprint density at radius 2 is 2.26 bits per heavy atom. The summed E-state index contributed by atoms with van der Waals surface area (Å²) in [5.41, 5.74) is 0.612. The highest BCUT2D eigenvalue weighted by molar-refractivity contribution is 9.10. The average molecular weight is 341 g/mol. The van der Waals surface area contributed by atoms with E-state index in [1.807, 2.05) is 29.9 Å². The van der Waals surface area contributed by atoms with E-state index in [1.165, 1.54) is 4.88 Å². The molecule has 1 amide bonds. The van der Waals surface area contributed by atoms with Gasteiger partial charge < -0.3 is 9.88 Å². The summed E-state index contributed by atoms with van der Waals surface area (Å²) in [5.74, 6) is -0.0437. The van der Waals surface area contributed by atoms with Crippen molar-refractivity contribution in [3.05, 3.63) is 44.8 Å². The number of halogens is 1. The van der Waals surface area contributed by atoms with E-state index in [2.05, 4.69) is 46.5 Å². The maximum absolute atomic E-state index is 12.1. The summed E-state index contributed by atoms with van der Waals surface area (Å²) in [7, 11) is 1.87. The van der Waals surface area contributed by atoms with Crippen molar-refractivity contribution in [3.8, 4) is 0 Å². The van der Waals surface area contributed by atoms with Crippen molar-refractivity contribution in [2.24, 2.45) is 7.05 Å². The lowest BCUT2D eigenvalue weighted by Gasteiger charge is -2.23. The fourth-order valence-corrected chi connectivity index (χ4v) is 3.27. The number of aryl methyl sites for hydroxylation is 1. The summed E-state index contributed by atoms with van der Waals surface area (Å²) in [6, 6.07) is 5.97. The predicted octanol–water partition coefficient (Wildman–Crippen LogP) is 3.56. The topological polar surface area (TPSA) is 34.0 Å². The van der Waals surface area contributed by atoms with E-state index >= 15 is 0 Å². The Hall–Kier alpha value is -1.07. The highest BCUT2D eigenvalue weighted by Crippen LogP contribution is 2.26. The van der Waals surface area contributed by atoms with E-state index in [0.717, 1.165) is 4.47 Å². The maximum Gasteiger partial charge on any atom is 0.267 e. The monoisotopic (exact) mass is 340 g/mol. The van der Waals surface area contributed by atoms with Crippen LogP contribution in [0, 0.1) is 0 Å². The van der Waals surface area contributed by atoms with Crippen LogP contribution in [0.4, 0.5) is 0 Å². The van der Waals surface area contributed by atoms with Gasteiger partial charge in [-0.2, -0.15) is 0 Å². The van der Waals surface area contributed by atoms with Gasteiger partial charge in [-0.05, 0) is 33.4 Å². The molecule has 0 saturated carbocycles. The van der Waals surface area contributed by atoms with Crippen LogP contribution in [0.2, 0.25) is 0 Å². The lowest BCUT2D eigenvalue weighted by atomic mass is 9.91. The van der Waals surface area contributed by atoms with E-state index in [1.54, 1.807) is 11.3 Å². The molecule has 1 N–H and O–H groups in total. The van der Waals surface area contributed by atoms with Crippen LogP contribution in [0.15, 0.2) is 34.2 Å². The zero-order valence-corrected chi connectivity index (χ0v) is 13.6. The Morgan fingerprint density at radius 1 is 1.53 bits per heavy atom. The van der Waals surface area contributed by atoms with Crippen LogP contribution in [0.1, 0.15) is 29.2 Å². The van der Waals surface area contributed by atoms with Crippen molar-refractivity contribution in [2.45, 2.75) is 19.3 Å². The molecule has 5 heteroatoms. The van der Waals surface area contributed by atoms with Crippen LogP contribution in [0.25, 0.3) is 0 Å². The molecule has 2 aromatic rings. The van der Waals surface area contributed by atoms with Gasteiger partial charge in [0.05, 0.1) is 0 Å². The van der Waals surface area contributed by atoms with Crippen molar-refractivity contribution in [1.29, 1.82) is 0 Å². The molecular weight excluding hydrogens is 324 g/mol. The van der Waals surface area contributed by atoms with Crippen molar-refractivity contribution in [2.75, 3.05) is 6.54 Å². The average Bonchev–Trinajstić information content (AvgIpc) is 2.96. The van der Waals surface area contributed by atoms with Gasteiger partial charge in [0.1, 0.15) is 5.69 Å². The number of hydrogen-bond donors (Lipinski definition) is 1. The minimum absolute atomic E-state index is 0.0437. The van der Waals surface area contributed by atoms with Crippen LogP contribution in [0.5, 0.6) is 0 Å². The number of carbonyl (C=O) groups excluding carboxylic acids is 1. The number of rotatable bonds is 4. The van der Waals surface area contributed by atoms with Gasteiger partial charge in [-0.25, -0.2) is 0 Å². The number of thiophene rings is 1. The molecule has 102 valence electrons. The molecule has 2 rings (SSSR count). The van der Waals surface area contributed by atoms with Gasteiger partial charge in [-0.3, -0.25) is 4.79 Å². The number of aromatic nitrogens is 1. The van der Waals surface area contributed by atoms with E-state index in [0.29, 0.717) is 12.2 Å². The van der Waals surface area contributed by atoms with Gasteiger partial charge in [0, 0.05) is 34.6 Å². The first kappa shape index (κ1) is 14.3. The number of nitrogens with zero attached hydrogens (tertiary/aromatic N) is 1. The van der Waals surface area contributed by atoms with Gasteiger partial charge in [-0.1, -0.05) is 19.9 Å². The second-order valence-corrected chi connectivity index (χ2v) is 7.06. The molecule has 2 aromatic heterocycles. The lowest BCUT2D eigenvalue weighted by Crippen LogP contribution is -2.36. The molecule has 2 heterocycles. The van der Waals surface area contributed by atoms with Gasteiger partial charge in [0.15, 0.2) is 0 Å². The van der Waals surface area contributed by atoms with Gasteiger partial charge in [-0.15, -0.1) is 11.3 Å². The molecule has 0 aliphatic heterocycles. The van der Waals surface area contributed by atoms with Crippen LogP contribution in [0.3, 0.4) is 0 Å². The number of nitrogens with one attached hydrogen (secondary N) is 1. The van der Waals surface area contributed by atoms with Crippen LogP contribution in [-0.2, 0) is 12.5 Å². The largest absolute Gasteiger partial charge is 0.350 e. The van der Waals surface area contributed by atoms with Gasteiger partial charge >= 0.3 is 0 Å². The van der Waals surface area contributed by atoms with Crippen molar-refractivity contribution in [1.82, 2.24) is 9.88 Å². The standard InChI is InChI=1S/C14H17BrN2OS/c1-14(2,12-5-4-6-19-12)9-16-13(18)11-7-10(15)8-17(11)3/h4-8H,9H2,1-3H3,(H,16,18). The summed E-state index contributed by atoms with van der Waals surface area (Å²) in [6.07, 6.45) is 1.87. The zero-order chi connectivity index (χ0) is 14.0. The molecule has 19 heavy (non-hydrogen) atoms. The molecule has 0 atom stereocenters. The van der Waals surface area contributed by atoms with Gasteiger partial charge in [0.25, 0.3) is 5.91 Å². The van der Waals surface area contributed by atoms with Crippen LogP contribution >= 0.6 is 27.3 Å². The normalized spacial score (nSPS) is 11.6. The van der Waals surface area contributed by atoms with E-state index in [4.69, 9.17) is 0 Å². The Morgan fingerprint density at radius 3 is 2.79 bits per heavy atom. The summed E-state index contributed by atoms with van der Waals surface area (Å²) in [5, 5.41) is 5.07. The quantitative estimate of drug-likeness (QED) is 0.907. The van der Waals surface area contributed by atoms with Crippen molar-refractivity contribution in [3.63, 3.8) is 0 Å². The Balaban J connectivity index is 2.03. The van der Waals surface area contributed by atoms with E-state index < -0.39 is 0 Å². The van der Waals surface area contributed by atoms with Crippen molar-refractivity contribution >= 4 is 33.2 Å². The molecule has 0 bridgehead atoms. The molecular formula is C14H17BrN2OS. The van der Waals surface area contributed by atoms with Crippen LogP contribution < -0.4 is 5.32 Å². The molecule has 0 aromatic carbocycles. The Bertz CT molecular complexity index is 572. The molecule has 0 fully saturated rings. The fraction of sp³-hybridized carbons (Fsp3) is 0.357. The minimum Gasteiger partial charge on any atom is -0.350 e. The molecule has 0 saturated heterocycles. The van der Waals surface area contributed by atoms with E-state index in [-0.39, 0.29) is 11.3 Å². The lowest BCUT2D eigenvalue weighted by molar-refractivity contribution is 0.0938. The third kappa shape index (κ3) is 3.28. The maximum atomic E-state index is 12.1. The third-order valence-electron chi connectivity index (χ3n) is 3.08. The second-order valence-electron chi connectivity index (χ2n) is 5.20. The third-order valence-corrected chi connectivity index (χ3v) is 4.75. The summed E-state index contributed by atoms with van der Waals surface area (Å²) < 4.78 is 2.73. The first-order chi connectivity index (χ1) is 8.90. The SMILES string of the molecule is Cn1cc(Br)cc1C(=O)NCC(C)(C)c1cccs1. The molecule has 3 nitrogen and oxygen atoms in total. The molecule has 0 radical (unpaired) electrons. The first-order valence-electron chi connectivity index (χ1n) is 6.04. The van der Waals surface area contributed by atoms with E-state index in [9.17, 15) is 4.79 Å². The predicted molar refractivity (Wildman–Crippen MR) is 82.8 cm³/mol. The molecule has 0 spiro atoms. The van der Waals surface area contributed by atoms with Gasteiger partial charge in [0.2, 0.25) is 0 Å². The summed E-state index contributed by atoms with van der Waals surface area (Å²) >= 11 is 5.09. The molecule has 0 aliphatic carbocycles. The molecule has 0 aliphatic rings. The minimum atomic E-state index is -0.0494. The Labute approximate surface area is 125 Å². The smallest absolute Gasteiger partial charge is 0.267 e. The fourth-order valence-electron chi connectivity index (χ4n) is 1.89. The van der Waals surface area contributed by atoms with Crippen LogP contribution in [-0.4, -0.2) is 17.0 Å². The molecule has 0 unspecified atom stereocenters. The van der Waals surface area contributed by atoms with Crippen molar-refractivity contribution < 1.29 is 4.79 Å². The first-order valence-corrected chi connectivity index (χ1v) is 7.71. The number of hydrogen-bond acceptors (Lipinski definition) is 2. The zero-order valence-electron chi connectivity index (χ0n) is 11.2. The Kier molecular flexibility index (Phi) is 4.16. The summed E-state index contributed by atoms with van der Waals surface area (Å²) in [4.78, 5) is 13.4. The highest BCUT2D eigenvalue weighted by Gasteiger charge is 2.23.